The molecule has 0 N–H and O–H groups in total. The summed E-state index contributed by atoms with van der Waals surface area (Å²) in [7, 11) is -8.81. The van der Waals surface area contributed by atoms with E-state index in [-0.39, 0.29) is 60.3 Å². The minimum Gasteiger partial charge on any atom is -0.305 e. The van der Waals surface area contributed by atoms with Crippen molar-refractivity contribution < 1.29 is 76.8 Å². The molecule has 0 amide bonds. The molecule has 3 aromatic carbocycles. The second kappa shape index (κ2) is 21.9. The molecule has 291 valence electrons. The van der Waals surface area contributed by atoms with Crippen molar-refractivity contribution in [2.75, 3.05) is 0 Å². The molecule has 6 rings (SSSR count). The SMILES string of the molecule is Cc1cc(-c2[c-]cccc2)ncc1[Si](C)(C)C.[2H]C([2H])([2H])[Si](C)(c1cnc(-c2[c-]cccc2)cc1C)C([2H])([2H])[2H].[2H]C([2H])([2H])[Si](C)(c1cnc(-c2[c-]cccc2)cc1C)C([2H])([2H])[2H].[Ir].[Ir].[Ir]. The monoisotopic (exact) mass is 1310 g/mol. The predicted molar refractivity (Wildman–Crippen MR) is 229 cm³/mol. The molecule has 0 aliphatic carbocycles. The minimum atomic E-state index is -3.77. The van der Waals surface area contributed by atoms with Gasteiger partial charge in [-0.15, -0.1) is 108 Å². The second-order valence-corrected chi connectivity index (χ2v) is 24.6. The summed E-state index contributed by atoms with van der Waals surface area (Å²) in [6, 6.07) is 37.6. The van der Waals surface area contributed by atoms with E-state index >= 15 is 0 Å². The molecule has 0 aliphatic rings. The van der Waals surface area contributed by atoms with Crippen LogP contribution in [0.5, 0.6) is 0 Å². The van der Waals surface area contributed by atoms with Gasteiger partial charge < -0.3 is 15.0 Å². The molecule has 6 aromatic rings. The summed E-state index contributed by atoms with van der Waals surface area (Å²) in [6.45, 7) is 5.37. The first kappa shape index (κ1) is 32.8. The molecule has 0 atom stereocenters. The van der Waals surface area contributed by atoms with Crippen LogP contribution in [0.2, 0.25) is 58.6 Å². The van der Waals surface area contributed by atoms with Crippen LogP contribution in [0.4, 0.5) is 0 Å². The molecule has 3 aromatic heterocycles. The van der Waals surface area contributed by atoms with Gasteiger partial charge in [0.15, 0.2) is 0 Å². The van der Waals surface area contributed by atoms with E-state index in [0.717, 1.165) is 22.4 Å². The maximum Gasteiger partial charge on any atom is 0.0798 e. The largest absolute Gasteiger partial charge is 0.305 e. The standard InChI is InChI=1S/3C15H18NSi.3Ir/c3*1-12-10-14(13-8-6-5-7-9-13)16-11-15(12)17(2,3)4;;;/h3*5-8,10-11H,1-4H3;;;/q3*-1;;;/i2*2D3,3D3;;;;. The van der Waals surface area contributed by atoms with E-state index in [1.165, 1.54) is 36.2 Å². The Bertz CT molecular complexity index is 2320. The van der Waals surface area contributed by atoms with Crippen LogP contribution in [0.25, 0.3) is 33.8 Å². The van der Waals surface area contributed by atoms with E-state index in [9.17, 15) is 0 Å². The average Bonchev–Trinajstić information content (AvgIpc) is 3.19. The van der Waals surface area contributed by atoms with Gasteiger partial charge in [0.1, 0.15) is 0 Å². The Labute approximate surface area is 386 Å². The van der Waals surface area contributed by atoms with E-state index in [4.69, 9.17) is 16.4 Å². The summed E-state index contributed by atoms with van der Waals surface area (Å²) >= 11 is 0. The number of pyridine rings is 3. The molecule has 3 heterocycles. The van der Waals surface area contributed by atoms with Gasteiger partial charge in [0, 0.05) is 95.4 Å². The van der Waals surface area contributed by atoms with Gasteiger partial charge in [-0.25, -0.2) is 0 Å². The van der Waals surface area contributed by atoms with E-state index in [2.05, 4.69) is 78.0 Å². The van der Waals surface area contributed by atoms with Crippen LogP contribution in [0.3, 0.4) is 0 Å². The summed E-state index contributed by atoms with van der Waals surface area (Å²) < 4.78 is 93.5. The summed E-state index contributed by atoms with van der Waals surface area (Å²) in [5.41, 5.74) is 7.61. The van der Waals surface area contributed by atoms with Crippen LogP contribution >= 0.6 is 0 Å². The Kier molecular flexibility index (Phi) is 13.3. The molecule has 0 saturated heterocycles. The first-order valence-corrected chi connectivity index (χ1v) is 25.3. The number of hydrogen-bond acceptors (Lipinski definition) is 3. The van der Waals surface area contributed by atoms with Gasteiger partial charge in [-0.1, -0.05) is 93.5 Å². The third-order valence-corrected chi connectivity index (χ3v) is 13.5. The maximum absolute atomic E-state index is 7.79. The van der Waals surface area contributed by atoms with Gasteiger partial charge >= 0.3 is 0 Å². The molecule has 54 heavy (non-hydrogen) atoms. The van der Waals surface area contributed by atoms with Crippen molar-refractivity contribution in [1.82, 2.24) is 15.0 Å². The number of nitrogens with zero attached hydrogens (tertiary/aromatic N) is 3. The zero-order valence-corrected chi connectivity index (χ0v) is 41.9. The van der Waals surface area contributed by atoms with Crippen LogP contribution in [0.1, 0.15) is 33.1 Å². The van der Waals surface area contributed by atoms with Crippen LogP contribution in [-0.2, 0) is 60.3 Å². The minimum absolute atomic E-state index is 0. The molecule has 0 aliphatic heterocycles. The number of rotatable bonds is 6. The average molecular weight is 1310 g/mol. The van der Waals surface area contributed by atoms with Crippen molar-refractivity contribution in [2.45, 2.75) is 79.4 Å². The van der Waals surface area contributed by atoms with Crippen molar-refractivity contribution in [3.63, 3.8) is 0 Å². The molecule has 3 nitrogen and oxygen atoms in total. The van der Waals surface area contributed by atoms with Crippen LogP contribution in [0.15, 0.2) is 110 Å². The van der Waals surface area contributed by atoms with Gasteiger partial charge in [-0.3, -0.25) is 0 Å². The first-order valence-electron chi connectivity index (χ1n) is 22.8. The van der Waals surface area contributed by atoms with Crippen LogP contribution < -0.4 is 15.6 Å². The van der Waals surface area contributed by atoms with Crippen molar-refractivity contribution in [1.29, 1.82) is 0 Å². The topological polar surface area (TPSA) is 38.7 Å². The third kappa shape index (κ3) is 14.3. The number of hydrogen-bond donors (Lipinski definition) is 0. The summed E-state index contributed by atoms with van der Waals surface area (Å²) in [5, 5.41) is 2.16. The fourth-order valence-electron chi connectivity index (χ4n) is 5.60. The number of benzene rings is 3. The maximum atomic E-state index is 7.79. The van der Waals surface area contributed by atoms with Crippen molar-refractivity contribution >= 4 is 39.8 Å². The molecule has 0 fully saturated rings. The molecule has 0 saturated carbocycles. The Hall–Kier alpha value is -2.29. The Morgan fingerprint density at radius 2 is 0.722 bits per heavy atom. The number of aryl methyl sites for hydroxylation is 3. The molecule has 0 unspecified atom stereocenters. The van der Waals surface area contributed by atoms with Gasteiger partial charge in [-0.2, -0.15) is 0 Å². The summed E-state index contributed by atoms with van der Waals surface area (Å²) in [5.74, 6) is 0. The van der Waals surface area contributed by atoms with E-state index in [1.807, 2.05) is 54.6 Å². The Morgan fingerprint density at radius 1 is 0.444 bits per heavy atom. The normalized spacial score (nSPS) is 15.1. The molecule has 0 bridgehead atoms. The quantitative estimate of drug-likeness (QED) is 0.123. The first-order chi connectivity index (χ1) is 28.9. The molecule has 9 heteroatoms. The summed E-state index contributed by atoms with van der Waals surface area (Å²) in [4.78, 5) is 13.2. The van der Waals surface area contributed by atoms with E-state index in [1.54, 1.807) is 38.1 Å². The fraction of sp³-hybridized carbons (Fsp3) is 0.267. The molecule has 3 radical (unpaired) electrons. The van der Waals surface area contributed by atoms with Crippen LogP contribution in [-0.4, -0.2) is 39.2 Å². The zero-order valence-electron chi connectivity index (χ0n) is 43.7. The van der Waals surface area contributed by atoms with E-state index in [0.29, 0.717) is 32.9 Å². The smallest absolute Gasteiger partial charge is 0.0798 e. The third-order valence-electron chi connectivity index (χ3n) is 8.17. The molecule has 0 spiro atoms. The Morgan fingerprint density at radius 3 is 0.926 bits per heavy atom. The van der Waals surface area contributed by atoms with E-state index < -0.39 is 50.1 Å². The van der Waals surface area contributed by atoms with Crippen molar-refractivity contribution in [3.05, 3.63) is 144 Å². The van der Waals surface area contributed by atoms with Crippen LogP contribution in [0, 0.1) is 39.0 Å². The summed E-state index contributed by atoms with van der Waals surface area (Å²) in [6.07, 6.45) is 4.91. The van der Waals surface area contributed by atoms with Crippen molar-refractivity contribution in [3.8, 4) is 33.8 Å². The fourth-order valence-corrected chi connectivity index (χ4v) is 9.67. The molecular weight excluding hydrogens is 1240 g/mol. The van der Waals surface area contributed by atoms with Gasteiger partial charge in [0.25, 0.3) is 0 Å². The zero-order chi connectivity index (χ0) is 47.4. The van der Waals surface area contributed by atoms with Gasteiger partial charge in [0.05, 0.1) is 24.2 Å². The Balaban J connectivity index is 0.000000490. The predicted octanol–water partition coefficient (Wildman–Crippen LogP) is 10.2. The van der Waals surface area contributed by atoms with Crippen molar-refractivity contribution in [2.24, 2.45) is 0 Å². The van der Waals surface area contributed by atoms with Gasteiger partial charge in [-0.05, 0) is 53.4 Å². The van der Waals surface area contributed by atoms with Gasteiger partial charge in [0.2, 0.25) is 0 Å². The molecular formula is C45H54Ir3N3Si3-3. The number of aromatic nitrogens is 3. The second-order valence-electron chi connectivity index (χ2n) is 14.0.